The molecule has 0 aliphatic heterocycles. The van der Waals surface area contributed by atoms with Gasteiger partial charge in [0.25, 0.3) is 0 Å². The van der Waals surface area contributed by atoms with Gasteiger partial charge in [-0.2, -0.15) is 0 Å². The van der Waals surface area contributed by atoms with Crippen LogP contribution in [0.15, 0.2) is 0 Å². The molecule has 0 fully saturated rings. The molecule has 0 aromatic carbocycles. The second kappa shape index (κ2) is 56.5. The Kier molecular flexibility index (Phi) is 93.6. The maximum atomic E-state index is 9.68. The minimum Gasteiger partial charge on any atom is -0.333 e. The van der Waals surface area contributed by atoms with E-state index in [-0.39, 0.29) is 0 Å². The summed E-state index contributed by atoms with van der Waals surface area (Å²) in [5, 5.41) is 0. The van der Waals surface area contributed by atoms with Crippen LogP contribution in [0.1, 0.15) is 25.7 Å². The summed E-state index contributed by atoms with van der Waals surface area (Å²) in [5.41, 5.74) is 13.5. The Hall–Kier alpha value is -0.780. The number of hydrogen-bond acceptors (Lipinski definition) is 5. The standard InChI is InChI=1S/C6H10O2.3CH5N/c7-5-3-1-2-4-6-8;3*1-2/h5-6H,1-4H2;3*2H2,1H3. The molecule has 0 heterocycles. The van der Waals surface area contributed by atoms with Crippen LogP contribution in [0, 0.1) is 0 Å². The molecule has 88 valence electrons. The molecular weight excluding hydrogens is 182 g/mol. The number of carbonyl (C=O) groups is 2. The van der Waals surface area contributed by atoms with Gasteiger partial charge in [-0.05, 0) is 34.0 Å². The predicted octanol–water partition coefficient (Wildman–Crippen LogP) is -0.331. The van der Waals surface area contributed by atoms with E-state index in [0.29, 0.717) is 12.8 Å². The van der Waals surface area contributed by atoms with E-state index in [1.165, 1.54) is 21.1 Å². The highest BCUT2D eigenvalue weighted by atomic mass is 16.1. The number of hydrogen-bond donors (Lipinski definition) is 3. The molecule has 0 aliphatic carbocycles. The summed E-state index contributed by atoms with van der Waals surface area (Å²) >= 11 is 0. The summed E-state index contributed by atoms with van der Waals surface area (Å²) in [6, 6.07) is 0. The monoisotopic (exact) mass is 207 g/mol. The molecule has 6 N–H and O–H groups in total. The zero-order valence-electron chi connectivity index (χ0n) is 9.53. The van der Waals surface area contributed by atoms with Gasteiger partial charge in [-0.25, -0.2) is 0 Å². The van der Waals surface area contributed by atoms with Crippen molar-refractivity contribution in [2.45, 2.75) is 25.7 Å². The zero-order chi connectivity index (χ0) is 12.2. The lowest BCUT2D eigenvalue weighted by Gasteiger charge is -1.85. The van der Waals surface area contributed by atoms with Crippen molar-refractivity contribution in [1.29, 1.82) is 0 Å². The summed E-state index contributed by atoms with van der Waals surface area (Å²) in [4.78, 5) is 19.4. The highest BCUT2D eigenvalue weighted by molar-refractivity contribution is 5.50. The van der Waals surface area contributed by atoms with Crippen LogP contribution < -0.4 is 17.2 Å². The molecule has 5 nitrogen and oxygen atoms in total. The summed E-state index contributed by atoms with van der Waals surface area (Å²) in [6.07, 6.45) is 4.64. The Morgan fingerprint density at radius 1 is 0.714 bits per heavy atom. The van der Waals surface area contributed by atoms with Crippen LogP contribution in [0.2, 0.25) is 0 Å². The second-order valence-electron chi connectivity index (χ2n) is 1.62. The zero-order valence-corrected chi connectivity index (χ0v) is 9.53. The molecule has 0 aromatic heterocycles. The highest BCUT2D eigenvalue weighted by Gasteiger charge is 1.83. The number of rotatable bonds is 5. The van der Waals surface area contributed by atoms with Crippen LogP contribution in [0.25, 0.3) is 0 Å². The molecule has 0 bridgehead atoms. The van der Waals surface area contributed by atoms with E-state index in [4.69, 9.17) is 0 Å². The Labute approximate surface area is 87.0 Å². The van der Waals surface area contributed by atoms with E-state index in [9.17, 15) is 9.59 Å². The van der Waals surface area contributed by atoms with E-state index in [2.05, 4.69) is 17.2 Å². The molecular formula is C9H25N3O2. The number of nitrogens with two attached hydrogens (primary N) is 3. The van der Waals surface area contributed by atoms with Crippen molar-refractivity contribution in [3.63, 3.8) is 0 Å². The highest BCUT2D eigenvalue weighted by Crippen LogP contribution is 1.93. The second-order valence-corrected chi connectivity index (χ2v) is 1.62. The molecule has 0 saturated heterocycles. The van der Waals surface area contributed by atoms with Gasteiger partial charge in [-0.15, -0.1) is 0 Å². The topological polar surface area (TPSA) is 112 Å². The molecule has 14 heavy (non-hydrogen) atoms. The Morgan fingerprint density at radius 2 is 0.929 bits per heavy atom. The van der Waals surface area contributed by atoms with Crippen molar-refractivity contribution in [2.24, 2.45) is 17.2 Å². The molecule has 5 heteroatoms. The van der Waals surface area contributed by atoms with Crippen LogP contribution >= 0.6 is 0 Å². The molecule has 0 spiro atoms. The van der Waals surface area contributed by atoms with Crippen LogP contribution in [-0.4, -0.2) is 33.7 Å². The van der Waals surface area contributed by atoms with Crippen molar-refractivity contribution in [3.8, 4) is 0 Å². The minimum atomic E-state index is 0.591. The molecule has 0 rings (SSSR count). The predicted molar refractivity (Wildman–Crippen MR) is 60.9 cm³/mol. The van der Waals surface area contributed by atoms with Crippen molar-refractivity contribution in [2.75, 3.05) is 21.1 Å². The molecule has 0 amide bonds. The van der Waals surface area contributed by atoms with Gasteiger partial charge in [0, 0.05) is 12.8 Å². The third-order valence-electron chi connectivity index (χ3n) is 0.894. The summed E-state index contributed by atoms with van der Waals surface area (Å²) in [6.45, 7) is 0. The van der Waals surface area contributed by atoms with Gasteiger partial charge in [0.2, 0.25) is 0 Å². The van der Waals surface area contributed by atoms with Crippen LogP contribution in [0.5, 0.6) is 0 Å². The van der Waals surface area contributed by atoms with Crippen molar-refractivity contribution in [1.82, 2.24) is 0 Å². The minimum absolute atomic E-state index is 0.591. The van der Waals surface area contributed by atoms with Crippen molar-refractivity contribution >= 4 is 12.6 Å². The summed E-state index contributed by atoms with van der Waals surface area (Å²) in [7, 11) is 4.50. The van der Waals surface area contributed by atoms with E-state index in [0.717, 1.165) is 25.4 Å². The Bertz CT molecular complexity index is 70.5. The van der Waals surface area contributed by atoms with Gasteiger partial charge in [0.1, 0.15) is 12.6 Å². The lowest BCUT2D eigenvalue weighted by atomic mass is 10.2. The van der Waals surface area contributed by atoms with Gasteiger partial charge in [-0.3, -0.25) is 0 Å². The number of carbonyl (C=O) groups excluding carboxylic acids is 2. The number of unbranched alkanes of at least 4 members (excludes halogenated alkanes) is 3. The Morgan fingerprint density at radius 3 is 1.07 bits per heavy atom. The summed E-state index contributed by atoms with van der Waals surface area (Å²) in [5.74, 6) is 0. The van der Waals surface area contributed by atoms with Crippen molar-refractivity contribution < 1.29 is 9.59 Å². The largest absolute Gasteiger partial charge is 0.333 e. The quantitative estimate of drug-likeness (QED) is 0.422. The van der Waals surface area contributed by atoms with Gasteiger partial charge in [-0.1, -0.05) is 0 Å². The SMILES string of the molecule is CN.CN.CN.O=CCCCCC=O. The average Bonchev–Trinajstić information content (AvgIpc) is 2.33. The molecule has 0 aromatic rings. The molecule has 0 unspecified atom stereocenters. The molecule has 0 radical (unpaired) electrons. The fourth-order valence-corrected chi connectivity index (χ4v) is 0.455. The number of aldehydes is 2. The average molecular weight is 207 g/mol. The molecule has 0 atom stereocenters. The lowest BCUT2D eigenvalue weighted by Crippen LogP contribution is -1.78. The lowest BCUT2D eigenvalue weighted by molar-refractivity contribution is -0.109. The first kappa shape index (κ1) is 23.2. The van der Waals surface area contributed by atoms with Crippen LogP contribution in [0.3, 0.4) is 0 Å². The van der Waals surface area contributed by atoms with E-state index >= 15 is 0 Å². The van der Waals surface area contributed by atoms with Gasteiger partial charge in [0.05, 0.1) is 0 Å². The normalized spacial score (nSPS) is 6.14. The third-order valence-corrected chi connectivity index (χ3v) is 0.894. The maximum absolute atomic E-state index is 9.68. The van der Waals surface area contributed by atoms with E-state index < -0.39 is 0 Å². The molecule has 0 aliphatic rings. The van der Waals surface area contributed by atoms with E-state index in [1.807, 2.05) is 0 Å². The van der Waals surface area contributed by atoms with Crippen LogP contribution in [-0.2, 0) is 9.59 Å². The first-order chi connectivity index (χ1) is 6.91. The maximum Gasteiger partial charge on any atom is 0.119 e. The smallest absolute Gasteiger partial charge is 0.119 e. The molecule has 0 saturated carbocycles. The van der Waals surface area contributed by atoms with Gasteiger partial charge in [0.15, 0.2) is 0 Å². The third kappa shape index (κ3) is 65.8. The first-order valence-corrected chi connectivity index (χ1v) is 4.52. The van der Waals surface area contributed by atoms with Crippen molar-refractivity contribution in [3.05, 3.63) is 0 Å². The van der Waals surface area contributed by atoms with Gasteiger partial charge < -0.3 is 26.8 Å². The Balaban J connectivity index is -0.0000000708. The van der Waals surface area contributed by atoms with E-state index in [1.54, 1.807) is 0 Å². The van der Waals surface area contributed by atoms with Crippen LogP contribution in [0.4, 0.5) is 0 Å². The van der Waals surface area contributed by atoms with Gasteiger partial charge >= 0.3 is 0 Å². The summed E-state index contributed by atoms with van der Waals surface area (Å²) < 4.78 is 0. The fraction of sp³-hybridized carbons (Fsp3) is 0.778. The first-order valence-electron chi connectivity index (χ1n) is 4.52. The fourth-order valence-electron chi connectivity index (χ4n) is 0.455.